The summed E-state index contributed by atoms with van der Waals surface area (Å²) < 4.78 is 0. The van der Waals surface area contributed by atoms with Gasteiger partial charge in [-0.3, -0.25) is 0 Å². The average molecular weight is 250 g/mol. The second kappa shape index (κ2) is 6.96. The molecule has 2 rings (SSSR count). The summed E-state index contributed by atoms with van der Waals surface area (Å²) in [7, 11) is 0. The molecule has 4 nitrogen and oxygen atoms in total. The van der Waals surface area contributed by atoms with Gasteiger partial charge in [-0.05, 0) is 24.3 Å². The van der Waals surface area contributed by atoms with Crippen molar-refractivity contribution < 1.29 is 0 Å². The lowest BCUT2D eigenvalue weighted by molar-refractivity contribution is 1.07. The topological polar surface area (TPSA) is 49.4 Å². The molecule has 0 unspecified atom stereocenters. The highest BCUT2D eigenvalue weighted by atomic mass is 15.1. The Hall–Kier alpha value is -2.62. The maximum absolute atomic E-state index is 4.20. The van der Waals surface area contributed by atoms with E-state index < -0.39 is 0 Å². The molecule has 0 fully saturated rings. The smallest absolute Gasteiger partial charge is 0.113 e. The molecule has 0 saturated heterocycles. The lowest BCUT2D eigenvalue weighted by atomic mass is 10.3. The van der Waals surface area contributed by atoms with Crippen LogP contribution in [0.5, 0.6) is 0 Å². The van der Waals surface area contributed by atoms with Crippen LogP contribution in [-0.4, -0.2) is 6.54 Å². The van der Waals surface area contributed by atoms with E-state index in [9.17, 15) is 0 Å². The van der Waals surface area contributed by atoms with Gasteiger partial charge in [0.2, 0.25) is 0 Å². The number of nitrogens with zero attached hydrogens (tertiary/aromatic N) is 4. The molecular formula is C15H14N4. The third-order valence-electron chi connectivity index (χ3n) is 2.30. The van der Waals surface area contributed by atoms with Crippen LogP contribution in [0.2, 0.25) is 0 Å². The molecule has 0 spiro atoms. The van der Waals surface area contributed by atoms with Crippen LogP contribution in [0.3, 0.4) is 0 Å². The Kier molecular flexibility index (Phi) is 4.70. The Morgan fingerprint density at radius 2 is 1.42 bits per heavy atom. The Bertz CT molecular complexity index is 588. The van der Waals surface area contributed by atoms with Crippen molar-refractivity contribution in [3.63, 3.8) is 0 Å². The summed E-state index contributed by atoms with van der Waals surface area (Å²) in [5, 5.41) is 16.5. The second-order valence-electron chi connectivity index (χ2n) is 3.74. The summed E-state index contributed by atoms with van der Waals surface area (Å²) in [6, 6.07) is 17.1. The van der Waals surface area contributed by atoms with Gasteiger partial charge >= 0.3 is 0 Å². The molecular weight excluding hydrogens is 236 g/mol. The van der Waals surface area contributed by atoms with E-state index in [1.54, 1.807) is 6.08 Å². The summed E-state index contributed by atoms with van der Waals surface area (Å²) in [4.78, 5) is 0. The van der Waals surface area contributed by atoms with E-state index in [4.69, 9.17) is 0 Å². The van der Waals surface area contributed by atoms with E-state index in [0.29, 0.717) is 17.9 Å². The second-order valence-corrected chi connectivity index (χ2v) is 3.74. The van der Waals surface area contributed by atoms with Gasteiger partial charge < -0.3 is 0 Å². The Morgan fingerprint density at radius 3 is 2.11 bits per heavy atom. The predicted molar refractivity (Wildman–Crippen MR) is 76.6 cm³/mol. The van der Waals surface area contributed by atoms with Gasteiger partial charge in [0.15, 0.2) is 0 Å². The Morgan fingerprint density at radius 1 is 0.789 bits per heavy atom. The zero-order valence-electron chi connectivity index (χ0n) is 10.5. The molecule has 0 radical (unpaired) electrons. The van der Waals surface area contributed by atoms with Crippen LogP contribution in [-0.2, 0) is 0 Å². The first kappa shape index (κ1) is 12.8. The van der Waals surface area contributed by atoms with Gasteiger partial charge in [-0.25, -0.2) is 0 Å². The van der Waals surface area contributed by atoms with Crippen molar-refractivity contribution in [2.45, 2.75) is 0 Å². The third-order valence-corrected chi connectivity index (χ3v) is 2.30. The summed E-state index contributed by atoms with van der Waals surface area (Å²) in [6.45, 7) is 4.08. The van der Waals surface area contributed by atoms with Crippen molar-refractivity contribution in [1.82, 2.24) is 0 Å². The van der Waals surface area contributed by atoms with E-state index in [0.717, 1.165) is 5.69 Å². The van der Waals surface area contributed by atoms with Gasteiger partial charge in [-0.15, -0.1) is 11.7 Å². The molecule has 0 N–H and O–H groups in total. The summed E-state index contributed by atoms with van der Waals surface area (Å²) in [6.07, 6.45) is 1.69. The molecule has 4 heteroatoms. The van der Waals surface area contributed by atoms with Crippen LogP contribution in [0.4, 0.5) is 17.1 Å². The molecule has 19 heavy (non-hydrogen) atoms. The normalized spacial score (nSPS) is 11.2. The van der Waals surface area contributed by atoms with Gasteiger partial charge in [-0.2, -0.15) is 15.3 Å². The van der Waals surface area contributed by atoms with E-state index >= 15 is 0 Å². The van der Waals surface area contributed by atoms with Crippen LogP contribution < -0.4 is 0 Å². The lowest BCUT2D eigenvalue weighted by Crippen LogP contribution is -1.69. The third kappa shape index (κ3) is 3.96. The van der Waals surface area contributed by atoms with Crippen molar-refractivity contribution in [3.8, 4) is 0 Å². The zero-order chi connectivity index (χ0) is 13.3. The van der Waals surface area contributed by atoms with E-state index in [1.165, 1.54) is 0 Å². The minimum atomic E-state index is 0.490. The van der Waals surface area contributed by atoms with Gasteiger partial charge in [0.05, 0.1) is 12.2 Å². The van der Waals surface area contributed by atoms with Crippen molar-refractivity contribution >= 4 is 17.1 Å². The monoisotopic (exact) mass is 250 g/mol. The first-order valence-corrected chi connectivity index (χ1v) is 5.94. The number of azo groups is 2. The highest BCUT2D eigenvalue weighted by molar-refractivity contribution is 5.60. The lowest BCUT2D eigenvalue weighted by Gasteiger charge is -1.97. The fraction of sp³-hybridized carbons (Fsp3) is 0.0667. The van der Waals surface area contributed by atoms with E-state index in [1.807, 2.05) is 54.6 Å². The van der Waals surface area contributed by atoms with Crippen molar-refractivity contribution in [2.24, 2.45) is 20.5 Å². The maximum atomic E-state index is 4.20. The molecule has 0 heterocycles. The van der Waals surface area contributed by atoms with Crippen LogP contribution in [0.25, 0.3) is 0 Å². The molecule has 0 aliphatic heterocycles. The molecule has 0 aliphatic carbocycles. The molecule has 94 valence electrons. The van der Waals surface area contributed by atoms with Crippen LogP contribution in [0, 0.1) is 0 Å². The SMILES string of the molecule is C=CCN=Nc1ccccc1N=Nc1ccccc1. The highest BCUT2D eigenvalue weighted by Gasteiger charge is 1.98. The van der Waals surface area contributed by atoms with Crippen molar-refractivity contribution in [3.05, 3.63) is 67.3 Å². The Balaban J connectivity index is 2.20. The summed E-state index contributed by atoms with van der Waals surface area (Å²) in [5.74, 6) is 0. The average Bonchev–Trinajstić information content (AvgIpc) is 2.48. The van der Waals surface area contributed by atoms with E-state index in [2.05, 4.69) is 27.0 Å². The zero-order valence-corrected chi connectivity index (χ0v) is 10.5. The van der Waals surface area contributed by atoms with Gasteiger partial charge in [-0.1, -0.05) is 36.4 Å². The molecule has 0 amide bonds. The number of hydrogen-bond donors (Lipinski definition) is 0. The van der Waals surface area contributed by atoms with Crippen molar-refractivity contribution in [2.75, 3.05) is 6.54 Å². The summed E-state index contributed by atoms with van der Waals surface area (Å²) in [5.41, 5.74) is 2.20. The minimum Gasteiger partial charge on any atom is -0.184 e. The molecule has 0 saturated carbocycles. The number of benzene rings is 2. The molecule has 0 bridgehead atoms. The Labute approximate surface area is 112 Å². The maximum Gasteiger partial charge on any atom is 0.113 e. The standard InChI is InChI=1S/C15H14N4/c1-2-12-16-18-14-10-6-7-11-15(14)19-17-13-8-4-3-5-9-13/h2-11H,1,12H2. The fourth-order valence-corrected chi connectivity index (χ4v) is 1.41. The quantitative estimate of drug-likeness (QED) is 0.506. The molecule has 2 aromatic rings. The van der Waals surface area contributed by atoms with Gasteiger partial charge in [0.1, 0.15) is 11.4 Å². The minimum absolute atomic E-state index is 0.490. The van der Waals surface area contributed by atoms with Crippen molar-refractivity contribution in [1.29, 1.82) is 0 Å². The fourth-order valence-electron chi connectivity index (χ4n) is 1.41. The first-order valence-electron chi connectivity index (χ1n) is 5.94. The number of rotatable bonds is 5. The summed E-state index contributed by atoms with van der Waals surface area (Å²) >= 11 is 0. The molecule has 2 aromatic carbocycles. The van der Waals surface area contributed by atoms with Crippen LogP contribution >= 0.6 is 0 Å². The van der Waals surface area contributed by atoms with Crippen LogP contribution in [0.1, 0.15) is 0 Å². The molecule has 0 atom stereocenters. The largest absolute Gasteiger partial charge is 0.184 e. The highest BCUT2D eigenvalue weighted by Crippen LogP contribution is 2.29. The van der Waals surface area contributed by atoms with Gasteiger partial charge in [0, 0.05) is 0 Å². The number of hydrogen-bond acceptors (Lipinski definition) is 4. The van der Waals surface area contributed by atoms with Gasteiger partial charge in [0.25, 0.3) is 0 Å². The van der Waals surface area contributed by atoms with Crippen LogP contribution in [0.15, 0.2) is 87.7 Å². The molecule has 0 aliphatic rings. The van der Waals surface area contributed by atoms with E-state index in [-0.39, 0.29) is 0 Å². The first-order chi connectivity index (χ1) is 9.40. The predicted octanol–water partition coefficient (Wildman–Crippen LogP) is 5.37. The molecule has 0 aromatic heterocycles.